The average molecular weight is 545 g/mol. The summed E-state index contributed by atoms with van der Waals surface area (Å²) in [6.45, 7) is 0.154. The van der Waals surface area contributed by atoms with Gasteiger partial charge in [-0.25, -0.2) is 14.7 Å². The third-order valence-corrected chi connectivity index (χ3v) is 7.06. The molecule has 6 rings (SSSR count). The van der Waals surface area contributed by atoms with Crippen molar-refractivity contribution in [3.8, 4) is 11.5 Å². The lowest BCUT2D eigenvalue weighted by atomic mass is 10.1. The quantitative estimate of drug-likeness (QED) is 0.313. The van der Waals surface area contributed by atoms with Gasteiger partial charge in [-0.1, -0.05) is 60.1 Å². The minimum absolute atomic E-state index is 0.154. The van der Waals surface area contributed by atoms with E-state index in [1.165, 1.54) is 28.1 Å². The summed E-state index contributed by atoms with van der Waals surface area (Å²) in [5, 5.41) is 17.8. The molecule has 0 aliphatic heterocycles. The van der Waals surface area contributed by atoms with Crippen molar-refractivity contribution in [1.29, 1.82) is 0 Å². The van der Waals surface area contributed by atoms with Gasteiger partial charge in [0.1, 0.15) is 11.2 Å². The van der Waals surface area contributed by atoms with Gasteiger partial charge in [0, 0.05) is 11.6 Å². The minimum atomic E-state index is -1.24. The summed E-state index contributed by atoms with van der Waals surface area (Å²) >= 11 is 6.88. The zero-order chi connectivity index (χ0) is 27.1. The van der Waals surface area contributed by atoms with Gasteiger partial charge in [-0.2, -0.15) is 9.19 Å². The van der Waals surface area contributed by atoms with Crippen LogP contribution in [-0.4, -0.2) is 47.2 Å². The van der Waals surface area contributed by atoms with E-state index in [-0.39, 0.29) is 23.8 Å². The SMILES string of the molecule is Cn1nnc(-c2c(Cl)c3ccccc3n2N(Cc2ccccc2)C(=O)C2(NC(=O)c3cccnc3F)CC2)n1. The molecule has 5 aromatic rings. The summed E-state index contributed by atoms with van der Waals surface area (Å²) < 4.78 is 15.9. The first-order valence-corrected chi connectivity index (χ1v) is 12.6. The van der Waals surface area contributed by atoms with Crippen molar-refractivity contribution < 1.29 is 14.0 Å². The molecule has 196 valence electrons. The van der Waals surface area contributed by atoms with Crippen molar-refractivity contribution in [3.05, 3.63) is 95.0 Å². The number of tetrazole rings is 1. The first-order chi connectivity index (χ1) is 18.9. The third kappa shape index (κ3) is 4.40. The molecule has 1 fully saturated rings. The van der Waals surface area contributed by atoms with Gasteiger partial charge < -0.3 is 5.32 Å². The number of nitrogens with zero attached hydrogens (tertiary/aromatic N) is 7. The monoisotopic (exact) mass is 544 g/mol. The van der Waals surface area contributed by atoms with Gasteiger partial charge in [0.2, 0.25) is 11.8 Å². The highest BCUT2D eigenvalue weighted by molar-refractivity contribution is 6.38. The second kappa shape index (κ2) is 9.59. The average Bonchev–Trinajstić information content (AvgIpc) is 3.51. The lowest BCUT2D eigenvalue weighted by molar-refractivity contribution is -0.123. The van der Waals surface area contributed by atoms with Gasteiger partial charge >= 0.3 is 0 Å². The zero-order valence-electron chi connectivity index (χ0n) is 20.8. The fraction of sp³-hybridized carbons (Fsp3) is 0.185. The summed E-state index contributed by atoms with van der Waals surface area (Å²) in [5.41, 5.74) is 0.410. The number of aryl methyl sites for hydroxylation is 1. The molecule has 39 heavy (non-hydrogen) atoms. The third-order valence-electron chi connectivity index (χ3n) is 6.68. The molecule has 3 aromatic heterocycles. The molecule has 0 radical (unpaired) electrons. The molecule has 2 amide bonds. The first-order valence-electron chi connectivity index (χ1n) is 12.2. The summed E-state index contributed by atoms with van der Waals surface area (Å²) in [7, 11) is 1.64. The summed E-state index contributed by atoms with van der Waals surface area (Å²) in [4.78, 5) is 32.3. The molecule has 0 spiro atoms. The Hall–Kier alpha value is -4.64. The molecule has 1 N–H and O–H groups in total. The fourth-order valence-electron chi connectivity index (χ4n) is 4.60. The summed E-state index contributed by atoms with van der Waals surface area (Å²) in [5.74, 6) is -1.77. The number of carbonyl (C=O) groups is 2. The number of amides is 2. The highest BCUT2D eigenvalue weighted by Crippen LogP contribution is 2.41. The number of halogens is 2. The van der Waals surface area contributed by atoms with E-state index in [0.29, 0.717) is 34.5 Å². The van der Waals surface area contributed by atoms with E-state index in [4.69, 9.17) is 11.6 Å². The Kier molecular flexibility index (Phi) is 6.07. The van der Waals surface area contributed by atoms with E-state index in [1.54, 1.807) is 11.7 Å². The van der Waals surface area contributed by atoms with Crippen LogP contribution in [0, 0.1) is 5.95 Å². The smallest absolute Gasteiger partial charge is 0.267 e. The van der Waals surface area contributed by atoms with Gasteiger partial charge in [-0.3, -0.25) is 9.59 Å². The molecular weight excluding hydrogens is 523 g/mol. The number of benzene rings is 2. The number of aromatic nitrogens is 6. The van der Waals surface area contributed by atoms with Crippen LogP contribution in [0.1, 0.15) is 28.8 Å². The van der Waals surface area contributed by atoms with Crippen LogP contribution in [0.5, 0.6) is 0 Å². The van der Waals surface area contributed by atoms with E-state index in [0.717, 1.165) is 5.56 Å². The van der Waals surface area contributed by atoms with Crippen molar-refractivity contribution in [2.75, 3.05) is 5.01 Å². The largest absolute Gasteiger partial charge is 0.337 e. The van der Waals surface area contributed by atoms with Crippen LogP contribution >= 0.6 is 11.6 Å². The number of fused-ring (bicyclic) bond motifs is 1. The highest BCUT2D eigenvalue weighted by Gasteiger charge is 2.54. The predicted octanol–water partition coefficient (Wildman–Crippen LogP) is 3.65. The molecule has 1 aliphatic rings. The lowest BCUT2D eigenvalue weighted by Crippen LogP contribution is -2.54. The molecule has 1 aliphatic carbocycles. The van der Waals surface area contributed by atoms with Crippen LogP contribution in [0.3, 0.4) is 0 Å². The standard InChI is InChI=1S/C27H22ClFN8O2/c1-35-33-24(32-34-35)22-21(28)18-10-5-6-12-20(18)37(22)36(16-17-8-3-2-4-9-17)26(39)27(13-14-27)31-25(38)19-11-7-15-30-23(19)29/h2-12,15H,13-14,16H2,1H3,(H,31,38). The van der Waals surface area contributed by atoms with Gasteiger partial charge in [0.25, 0.3) is 11.8 Å². The number of para-hydroxylation sites is 1. The van der Waals surface area contributed by atoms with Crippen molar-refractivity contribution >= 4 is 34.3 Å². The Balaban J connectivity index is 1.48. The zero-order valence-corrected chi connectivity index (χ0v) is 21.5. The number of hydrogen-bond acceptors (Lipinski definition) is 6. The Morgan fingerprint density at radius 2 is 1.82 bits per heavy atom. The van der Waals surface area contributed by atoms with Crippen LogP contribution in [0.2, 0.25) is 5.02 Å². The minimum Gasteiger partial charge on any atom is -0.337 e. The molecule has 12 heteroatoms. The van der Waals surface area contributed by atoms with Crippen LogP contribution in [0.25, 0.3) is 22.4 Å². The van der Waals surface area contributed by atoms with Crippen LogP contribution < -0.4 is 10.3 Å². The van der Waals surface area contributed by atoms with Gasteiger partial charge in [0.15, 0.2) is 0 Å². The molecule has 3 heterocycles. The molecule has 2 aromatic carbocycles. The van der Waals surface area contributed by atoms with Gasteiger partial charge in [0.05, 0.1) is 29.7 Å². The normalized spacial score (nSPS) is 13.8. The van der Waals surface area contributed by atoms with Crippen LogP contribution in [0.4, 0.5) is 4.39 Å². The maximum atomic E-state index is 14.4. The Morgan fingerprint density at radius 1 is 1.08 bits per heavy atom. The van der Waals surface area contributed by atoms with Crippen molar-refractivity contribution in [2.24, 2.45) is 7.05 Å². The first kappa shape index (κ1) is 24.7. The second-order valence-electron chi connectivity index (χ2n) is 9.32. The highest BCUT2D eigenvalue weighted by atomic mass is 35.5. The number of rotatable bonds is 7. The van der Waals surface area contributed by atoms with E-state index >= 15 is 0 Å². The molecule has 10 nitrogen and oxygen atoms in total. The number of nitrogens with one attached hydrogen (secondary N) is 1. The number of pyridine rings is 1. The van der Waals surface area contributed by atoms with Crippen molar-refractivity contribution in [2.45, 2.75) is 24.9 Å². The van der Waals surface area contributed by atoms with Crippen LogP contribution in [0.15, 0.2) is 72.9 Å². The number of carbonyl (C=O) groups excluding carboxylic acids is 2. The van der Waals surface area contributed by atoms with Gasteiger partial charge in [-0.05, 0) is 41.8 Å². The summed E-state index contributed by atoms with van der Waals surface area (Å²) in [6, 6.07) is 19.6. The molecule has 0 atom stereocenters. The molecule has 1 saturated carbocycles. The Labute approximate surface area is 227 Å². The van der Waals surface area contributed by atoms with E-state index in [9.17, 15) is 14.0 Å². The van der Waals surface area contributed by atoms with E-state index in [2.05, 4.69) is 25.7 Å². The fourth-order valence-corrected chi connectivity index (χ4v) is 4.93. The number of hydrogen-bond donors (Lipinski definition) is 1. The molecule has 0 unspecified atom stereocenters. The molecule has 0 bridgehead atoms. The van der Waals surface area contributed by atoms with Crippen molar-refractivity contribution in [1.82, 2.24) is 35.2 Å². The Morgan fingerprint density at radius 3 is 2.51 bits per heavy atom. The lowest BCUT2D eigenvalue weighted by Gasteiger charge is -2.30. The maximum absolute atomic E-state index is 14.4. The van der Waals surface area contributed by atoms with E-state index < -0.39 is 17.4 Å². The topological polar surface area (TPSA) is 111 Å². The van der Waals surface area contributed by atoms with E-state index in [1.807, 2.05) is 54.6 Å². The molecular formula is C27H22ClFN8O2. The molecule has 0 saturated heterocycles. The van der Waals surface area contributed by atoms with Gasteiger partial charge in [-0.15, -0.1) is 10.2 Å². The predicted molar refractivity (Wildman–Crippen MR) is 142 cm³/mol. The summed E-state index contributed by atoms with van der Waals surface area (Å²) in [6.07, 6.45) is 2.03. The Bertz CT molecular complexity index is 1710. The van der Waals surface area contributed by atoms with Crippen LogP contribution in [-0.2, 0) is 18.4 Å². The van der Waals surface area contributed by atoms with Crippen molar-refractivity contribution in [3.63, 3.8) is 0 Å². The maximum Gasteiger partial charge on any atom is 0.267 e. The second-order valence-corrected chi connectivity index (χ2v) is 9.70.